The highest BCUT2D eigenvalue weighted by molar-refractivity contribution is 5.63. The Labute approximate surface area is 354 Å². The Morgan fingerprint density at radius 3 is 0.414 bits per heavy atom. The molecule has 7 rings (SSSR count). The number of hydrogen-bond donors (Lipinski definition) is 3. The average molecular weight is 783 g/mol. The molecule has 0 aliphatic heterocycles. The maximum atomic E-state index is 8.63. The normalized spacial score (nSPS) is 8.34. The Bertz CT molecular complexity index is 1480. The standard InChI is InChI=1S/2C12H10.3C6H6O.4C3H8.CH4/c2*1-3-7-11(8-4-1)12-9-5-2-6-10-12;3*7-6-4-2-1-3-5-6;4*1-3-2;/h2*1-10H;3*1-5,7H;4*3H2,1-2H3;1H4. The van der Waals surface area contributed by atoms with Crippen LogP contribution in [0, 0.1) is 0 Å². The molecule has 3 N–H and O–H groups in total. The molecule has 0 saturated heterocycles. The van der Waals surface area contributed by atoms with Crippen molar-refractivity contribution in [2.45, 2.75) is 88.5 Å². The first kappa shape index (κ1) is 56.3. The molecule has 0 bridgehead atoms. The van der Waals surface area contributed by atoms with Crippen LogP contribution in [0.1, 0.15) is 88.5 Å². The largest absolute Gasteiger partial charge is 0.508 e. The molecule has 0 atom stereocenters. The Kier molecular flexibility index (Phi) is 42.4. The first-order chi connectivity index (χ1) is 27.8. The number of rotatable bonds is 2. The number of phenolic OH excluding ortho intramolecular Hbond substituents is 3. The van der Waals surface area contributed by atoms with Gasteiger partial charge in [-0.15, -0.1) is 0 Å². The first-order valence-electron chi connectivity index (χ1n) is 20.2. The highest BCUT2D eigenvalue weighted by atomic mass is 16.3. The van der Waals surface area contributed by atoms with Crippen LogP contribution >= 0.6 is 0 Å². The molecule has 3 nitrogen and oxygen atoms in total. The zero-order valence-electron chi connectivity index (χ0n) is 35.9. The fraction of sp³-hybridized carbons (Fsp3) is 0.236. The van der Waals surface area contributed by atoms with E-state index in [0.717, 1.165) is 0 Å². The van der Waals surface area contributed by atoms with Crippen LogP contribution in [0.15, 0.2) is 212 Å². The number of para-hydroxylation sites is 3. The van der Waals surface area contributed by atoms with E-state index < -0.39 is 0 Å². The third kappa shape index (κ3) is 35.6. The molecule has 7 aromatic rings. The lowest BCUT2D eigenvalue weighted by molar-refractivity contribution is 0.475. The van der Waals surface area contributed by atoms with Gasteiger partial charge in [0, 0.05) is 0 Å². The van der Waals surface area contributed by atoms with Gasteiger partial charge in [0.1, 0.15) is 17.2 Å². The zero-order chi connectivity index (χ0) is 42.6. The van der Waals surface area contributed by atoms with Crippen LogP contribution in [0.3, 0.4) is 0 Å². The van der Waals surface area contributed by atoms with Crippen molar-refractivity contribution in [2.24, 2.45) is 0 Å². The van der Waals surface area contributed by atoms with Gasteiger partial charge in [0.05, 0.1) is 0 Å². The minimum absolute atomic E-state index is 0. The molecule has 3 heteroatoms. The molecule has 0 heterocycles. The van der Waals surface area contributed by atoms with E-state index in [0.29, 0.717) is 17.2 Å². The highest BCUT2D eigenvalue weighted by Crippen LogP contribution is 2.18. The van der Waals surface area contributed by atoms with Gasteiger partial charge in [-0.3, -0.25) is 0 Å². The molecule has 58 heavy (non-hydrogen) atoms. The Balaban J connectivity index is -0.000000617. The molecule has 0 aromatic heterocycles. The third-order valence-electron chi connectivity index (χ3n) is 6.03. The van der Waals surface area contributed by atoms with Crippen LogP contribution in [-0.4, -0.2) is 15.3 Å². The topological polar surface area (TPSA) is 60.7 Å². The van der Waals surface area contributed by atoms with Crippen molar-refractivity contribution in [3.63, 3.8) is 0 Å². The quantitative estimate of drug-likeness (QED) is 0.164. The summed E-state index contributed by atoms with van der Waals surface area (Å²) in [5.41, 5.74) is 5.10. The SMILES string of the molecule is C.CCC.CCC.CCC.CCC.Oc1ccccc1.Oc1ccccc1.Oc1ccccc1.c1ccc(-c2ccccc2)cc1.c1ccc(-c2ccccc2)cc1. The van der Waals surface area contributed by atoms with Crippen LogP contribution in [-0.2, 0) is 0 Å². The van der Waals surface area contributed by atoms with E-state index in [1.54, 1.807) is 72.8 Å². The molecule has 7 aromatic carbocycles. The molecule has 0 fully saturated rings. The first-order valence-corrected chi connectivity index (χ1v) is 20.2. The lowest BCUT2D eigenvalue weighted by Crippen LogP contribution is -1.73. The summed E-state index contributed by atoms with van der Waals surface area (Å²) < 4.78 is 0. The average Bonchev–Trinajstić information content (AvgIpc) is 3.25. The minimum Gasteiger partial charge on any atom is -0.508 e. The van der Waals surface area contributed by atoms with Gasteiger partial charge in [0.2, 0.25) is 0 Å². The van der Waals surface area contributed by atoms with Crippen molar-refractivity contribution >= 4 is 0 Å². The predicted octanol–water partition coefficient (Wildman–Crippen LogP) is 17.2. The molecule has 0 radical (unpaired) electrons. The number of benzene rings is 7. The maximum Gasteiger partial charge on any atom is 0.115 e. The second-order valence-electron chi connectivity index (χ2n) is 12.3. The van der Waals surface area contributed by atoms with E-state index in [-0.39, 0.29) is 7.43 Å². The minimum atomic E-state index is 0. The maximum absolute atomic E-state index is 8.63. The summed E-state index contributed by atoms with van der Waals surface area (Å²) in [5.74, 6) is 0.965. The second-order valence-corrected chi connectivity index (χ2v) is 12.3. The van der Waals surface area contributed by atoms with Crippen molar-refractivity contribution in [2.75, 3.05) is 0 Å². The summed E-state index contributed by atoms with van der Waals surface area (Å²) in [6.07, 6.45) is 5.00. The summed E-state index contributed by atoms with van der Waals surface area (Å²) in [6, 6.07) is 67.7. The smallest absolute Gasteiger partial charge is 0.115 e. The van der Waals surface area contributed by atoms with Gasteiger partial charge in [-0.25, -0.2) is 0 Å². The van der Waals surface area contributed by atoms with Gasteiger partial charge in [-0.05, 0) is 58.7 Å². The van der Waals surface area contributed by atoms with Crippen LogP contribution in [0.5, 0.6) is 17.2 Å². The monoisotopic (exact) mass is 783 g/mol. The fourth-order valence-corrected chi connectivity index (χ4v) is 3.81. The lowest BCUT2D eigenvalue weighted by atomic mass is 10.1. The summed E-state index contributed by atoms with van der Waals surface area (Å²) in [4.78, 5) is 0. The van der Waals surface area contributed by atoms with Crippen molar-refractivity contribution in [1.29, 1.82) is 0 Å². The van der Waals surface area contributed by atoms with E-state index in [1.165, 1.54) is 47.9 Å². The number of hydrogen-bond acceptors (Lipinski definition) is 3. The summed E-state index contributed by atoms with van der Waals surface area (Å²) in [6.45, 7) is 17.0. The van der Waals surface area contributed by atoms with Gasteiger partial charge >= 0.3 is 0 Å². The van der Waals surface area contributed by atoms with Crippen molar-refractivity contribution in [3.8, 4) is 39.5 Å². The van der Waals surface area contributed by atoms with Gasteiger partial charge < -0.3 is 15.3 Å². The Morgan fingerprint density at radius 1 is 0.224 bits per heavy atom. The van der Waals surface area contributed by atoms with E-state index in [9.17, 15) is 0 Å². The zero-order valence-corrected chi connectivity index (χ0v) is 35.9. The molecule has 312 valence electrons. The fourth-order valence-electron chi connectivity index (χ4n) is 3.81. The predicted molar refractivity (Wildman–Crippen MR) is 259 cm³/mol. The molecule has 0 saturated carbocycles. The van der Waals surface area contributed by atoms with Crippen molar-refractivity contribution in [1.82, 2.24) is 0 Å². The molecule has 0 unspecified atom stereocenters. The van der Waals surface area contributed by atoms with Crippen LogP contribution in [0.2, 0.25) is 0 Å². The second kappa shape index (κ2) is 43.7. The van der Waals surface area contributed by atoms with Crippen LogP contribution < -0.4 is 0 Å². The lowest BCUT2D eigenvalue weighted by Gasteiger charge is -1.98. The number of phenols is 3. The van der Waals surface area contributed by atoms with Gasteiger partial charge in [-0.2, -0.15) is 0 Å². The molecular formula is C55H74O3. The molecule has 0 aliphatic rings. The molecule has 0 aliphatic carbocycles. The summed E-state index contributed by atoms with van der Waals surface area (Å²) >= 11 is 0. The van der Waals surface area contributed by atoms with E-state index in [2.05, 4.69) is 152 Å². The van der Waals surface area contributed by atoms with Gasteiger partial charge in [0.15, 0.2) is 0 Å². The Hall–Kier alpha value is -6.06. The van der Waals surface area contributed by atoms with E-state index in [1.807, 2.05) is 42.5 Å². The van der Waals surface area contributed by atoms with Crippen molar-refractivity contribution < 1.29 is 15.3 Å². The number of aromatic hydroxyl groups is 3. The third-order valence-corrected chi connectivity index (χ3v) is 6.03. The van der Waals surface area contributed by atoms with Gasteiger partial charge in [0.25, 0.3) is 0 Å². The molecule has 0 amide bonds. The summed E-state index contributed by atoms with van der Waals surface area (Å²) in [5, 5.41) is 25.9. The molecule has 0 spiro atoms. The van der Waals surface area contributed by atoms with Crippen LogP contribution in [0.4, 0.5) is 0 Å². The van der Waals surface area contributed by atoms with Crippen LogP contribution in [0.25, 0.3) is 22.3 Å². The highest BCUT2D eigenvalue weighted by Gasteiger charge is 1.93. The van der Waals surface area contributed by atoms with E-state index >= 15 is 0 Å². The summed E-state index contributed by atoms with van der Waals surface area (Å²) in [7, 11) is 0. The molecular weight excluding hydrogens is 709 g/mol. The van der Waals surface area contributed by atoms with E-state index in [4.69, 9.17) is 15.3 Å². The van der Waals surface area contributed by atoms with Crippen molar-refractivity contribution in [3.05, 3.63) is 212 Å². The van der Waals surface area contributed by atoms with Gasteiger partial charge in [-0.1, -0.05) is 264 Å². The Morgan fingerprint density at radius 2 is 0.328 bits per heavy atom.